The van der Waals surface area contributed by atoms with Crippen LogP contribution >= 0.6 is 11.3 Å². The van der Waals surface area contributed by atoms with Gasteiger partial charge in [-0.3, -0.25) is 4.79 Å². The number of ether oxygens (including phenoxy) is 1. The molecule has 0 bridgehead atoms. The molecule has 5 heteroatoms. The van der Waals surface area contributed by atoms with E-state index in [9.17, 15) is 4.79 Å². The van der Waals surface area contributed by atoms with Crippen molar-refractivity contribution in [3.8, 4) is 5.75 Å². The van der Waals surface area contributed by atoms with Crippen LogP contribution in [-0.2, 0) is 0 Å². The third kappa shape index (κ3) is 1.62. The summed E-state index contributed by atoms with van der Waals surface area (Å²) in [6.45, 7) is 0. The SMILES string of the molecule is COc1c(C(=O)C=[N+]=[N-])sc2ccccc12. The molecule has 0 saturated carbocycles. The van der Waals surface area contributed by atoms with Gasteiger partial charge in [0.2, 0.25) is 0 Å². The lowest BCUT2D eigenvalue weighted by atomic mass is 10.2. The molecule has 4 nitrogen and oxygen atoms in total. The van der Waals surface area contributed by atoms with Crippen LogP contribution in [0.4, 0.5) is 0 Å². The number of rotatable bonds is 3. The molecule has 0 spiro atoms. The molecule has 2 rings (SSSR count). The number of ketones is 1. The van der Waals surface area contributed by atoms with Crippen molar-refractivity contribution in [2.75, 3.05) is 7.11 Å². The van der Waals surface area contributed by atoms with Crippen molar-refractivity contribution in [3.63, 3.8) is 0 Å². The first kappa shape index (κ1) is 10.5. The number of hydrogen-bond donors (Lipinski definition) is 0. The Hall–Kier alpha value is -1.97. The number of benzene rings is 1. The van der Waals surface area contributed by atoms with Crippen LogP contribution in [0.5, 0.6) is 5.75 Å². The summed E-state index contributed by atoms with van der Waals surface area (Å²) in [7, 11) is 1.52. The third-order valence-corrected chi connectivity index (χ3v) is 3.32. The number of hydrogen-bond acceptors (Lipinski definition) is 3. The van der Waals surface area contributed by atoms with E-state index in [0.717, 1.165) is 16.3 Å². The lowest BCUT2D eigenvalue weighted by Gasteiger charge is -1.97. The zero-order valence-corrected chi connectivity index (χ0v) is 9.32. The topological polar surface area (TPSA) is 62.7 Å². The molecule has 1 aromatic carbocycles. The van der Waals surface area contributed by atoms with Gasteiger partial charge in [0.1, 0.15) is 10.6 Å². The maximum atomic E-state index is 11.6. The maximum absolute atomic E-state index is 11.6. The Balaban J connectivity index is 2.69. The predicted octanol–water partition coefficient (Wildman–Crippen LogP) is 2.39. The number of Topliss-reactive ketones (excluding diaryl/α,β-unsaturated/α-hetero) is 1. The molecule has 16 heavy (non-hydrogen) atoms. The highest BCUT2D eigenvalue weighted by molar-refractivity contribution is 7.21. The number of nitrogens with zero attached hydrogens (tertiary/aromatic N) is 2. The van der Waals surface area contributed by atoms with E-state index in [0.29, 0.717) is 10.6 Å². The van der Waals surface area contributed by atoms with E-state index in [4.69, 9.17) is 10.3 Å². The smallest absolute Gasteiger partial charge is 0.329 e. The van der Waals surface area contributed by atoms with Crippen molar-refractivity contribution in [1.29, 1.82) is 0 Å². The number of fused-ring (bicyclic) bond motifs is 1. The second kappa shape index (κ2) is 4.26. The molecule has 1 heterocycles. The molecule has 0 radical (unpaired) electrons. The van der Waals surface area contributed by atoms with Crippen molar-refractivity contribution in [3.05, 3.63) is 34.7 Å². The van der Waals surface area contributed by atoms with E-state index in [1.54, 1.807) is 0 Å². The molecular weight excluding hydrogens is 224 g/mol. The lowest BCUT2D eigenvalue weighted by Crippen LogP contribution is -2.00. The van der Waals surface area contributed by atoms with Crippen molar-refractivity contribution >= 4 is 33.4 Å². The second-order valence-corrected chi connectivity index (χ2v) is 4.12. The van der Waals surface area contributed by atoms with Gasteiger partial charge >= 0.3 is 6.21 Å². The molecule has 0 N–H and O–H groups in total. The van der Waals surface area contributed by atoms with Crippen molar-refractivity contribution in [2.24, 2.45) is 0 Å². The van der Waals surface area contributed by atoms with Crippen LogP contribution in [0.3, 0.4) is 0 Å². The van der Waals surface area contributed by atoms with E-state index in [-0.39, 0.29) is 5.78 Å². The second-order valence-electron chi connectivity index (χ2n) is 3.07. The largest absolute Gasteiger partial charge is 0.494 e. The molecule has 80 valence electrons. The highest BCUT2D eigenvalue weighted by Gasteiger charge is 2.19. The van der Waals surface area contributed by atoms with Crippen LogP contribution < -0.4 is 4.74 Å². The van der Waals surface area contributed by atoms with Gasteiger partial charge in [-0.15, -0.1) is 11.3 Å². The molecule has 1 aromatic heterocycles. The van der Waals surface area contributed by atoms with Crippen LogP contribution in [0.25, 0.3) is 15.6 Å². The number of thiophene rings is 1. The lowest BCUT2D eigenvalue weighted by molar-refractivity contribution is 0.00236. The fourth-order valence-corrected chi connectivity index (χ4v) is 2.57. The van der Waals surface area contributed by atoms with Gasteiger partial charge in [0.15, 0.2) is 0 Å². The zero-order chi connectivity index (χ0) is 11.5. The Bertz CT molecular complexity index is 597. The summed E-state index contributed by atoms with van der Waals surface area (Å²) in [5.41, 5.74) is 8.35. The third-order valence-electron chi connectivity index (χ3n) is 2.15. The molecular formula is C11H8N2O2S. The van der Waals surface area contributed by atoms with Gasteiger partial charge in [-0.25, -0.2) is 0 Å². The molecule has 0 aliphatic heterocycles. The fourth-order valence-electron chi connectivity index (χ4n) is 1.50. The van der Waals surface area contributed by atoms with Crippen LogP contribution in [0.15, 0.2) is 24.3 Å². The Morgan fingerprint density at radius 2 is 2.25 bits per heavy atom. The molecule has 0 atom stereocenters. The first-order valence-corrected chi connectivity index (χ1v) is 5.37. The standard InChI is InChI=1S/C11H8N2O2S/c1-15-10-7-4-2-3-5-9(7)16-11(10)8(14)6-13-12/h2-6H,1H3. The average molecular weight is 232 g/mol. The fraction of sp³-hybridized carbons (Fsp3) is 0.0909. The Labute approximate surface area is 95.7 Å². The van der Waals surface area contributed by atoms with Gasteiger partial charge in [0.05, 0.1) is 7.11 Å². The molecule has 0 amide bonds. The van der Waals surface area contributed by atoms with Crippen molar-refractivity contribution < 1.29 is 14.3 Å². The summed E-state index contributed by atoms with van der Waals surface area (Å²) in [6, 6.07) is 7.57. The minimum atomic E-state index is -0.361. The number of methoxy groups -OCH3 is 1. The van der Waals surface area contributed by atoms with Crippen LogP contribution in [0, 0.1) is 0 Å². The van der Waals surface area contributed by atoms with Crippen LogP contribution in [0.2, 0.25) is 0 Å². The predicted molar refractivity (Wildman–Crippen MR) is 62.4 cm³/mol. The number of carbonyl (C=O) groups is 1. The van der Waals surface area contributed by atoms with E-state index in [1.807, 2.05) is 24.3 Å². The van der Waals surface area contributed by atoms with Crippen molar-refractivity contribution in [1.82, 2.24) is 0 Å². The highest BCUT2D eigenvalue weighted by atomic mass is 32.1. The monoisotopic (exact) mass is 232 g/mol. The molecule has 2 aromatic rings. The highest BCUT2D eigenvalue weighted by Crippen LogP contribution is 2.37. The Morgan fingerprint density at radius 3 is 2.94 bits per heavy atom. The molecule has 0 fully saturated rings. The summed E-state index contributed by atoms with van der Waals surface area (Å²) in [5.74, 6) is 0.172. The minimum Gasteiger partial charge on any atom is -0.494 e. The summed E-state index contributed by atoms with van der Waals surface area (Å²) in [5, 5.41) is 0.893. The molecule has 0 aliphatic rings. The van der Waals surface area contributed by atoms with Gasteiger partial charge in [0, 0.05) is 10.1 Å². The summed E-state index contributed by atoms with van der Waals surface area (Å²) >= 11 is 1.32. The van der Waals surface area contributed by atoms with E-state index >= 15 is 0 Å². The van der Waals surface area contributed by atoms with Gasteiger partial charge in [0.25, 0.3) is 5.78 Å². The van der Waals surface area contributed by atoms with Crippen LogP contribution in [0.1, 0.15) is 9.67 Å². The normalized spacial score (nSPS) is 9.81. The van der Waals surface area contributed by atoms with Crippen LogP contribution in [-0.4, -0.2) is 23.9 Å². The molecule has 0 unspecified atom stereocenters. The molecule has 0 aliphatic carbocycles. The van der Waals surface area contributed by atoms with Crippen molar-refractivity contribution in [2.45, 2.75) is 0 Å². The summed E-state index contributed by atoms with van der Waals surface area (Å²) in [6.07, 6.45) is 0.868. The average Bonchev–Trinajstić information content (AvgIpc) is 2.67. The Morgan fingerprint density at radius 1 is 1.50 bits per heavy atom. The first-order valence-electron chi connectivity index (χ1n) is 4.55. The van der Waals surface area contributed by atoms with Gasteiger partial charge in [-0.1, -0.05) is 12.1 Å². The Kier molecular flexibility index (Phi) is 2.81. The minimum absolute atomic E-state index is 0.361. The summed E-state index contributed by atoms with van der Waals surface area (Å²) < 4.78 is 6.18. The van der Waals surface area contributed by atoms with Gasteiger partial charge in [-0.05, 0) is 12.1 Å². The summed E-state index contributed by atoms with van der Waals surface area (Å²) in [4.78, 5) is 14.8. The van der Waals surface area contributed by atoms with E-state index < -0.39 is 0 Å². The first-order chi connectivity index (χ1) is 7.77. The number of carbonyl (C=O) groups excluding carboxylic acids is 1. The molecule has 0 saturated heterocycles. The van der Waals surface area contributed by atoms with E-state index in [1.165, 1.54) is 18.4 Å². The van der Waals surface area contributed by atoms with Gasteiger partial charge in [-0.2, -0.15) is 4.79 Å². The van der Waals surface area contributed by atoms with Gasteiger partial charge < -0.3 is 10.3 Å². The zero-order valence-electron chi connectivity index (χ0n) is 8.51. The van der Waals surface area contributed by atoms with E-state index in [2.05, 4.69) is 4.79 Å². The maximum Gasteiger partial charge on any atom is 0.329 e. The quantitative estimate of drug-likeness (QED) is 0.353.